The highest BCUT2D eigenvalue weighted by atomic mass is 16.5. The van der Waals surface area contributed by atoms with Gasteiger partial charge in [0.2, 0.25) is 5.91 Å². The molecular weight excluding hydrogens is 330 g/mol. The number of morpholine rings is 1. The highest BCUT2D eigenvalue weighted by molar-refractivity contribution is 5.76. The van der Waals surface area contributed by atoms with E-state index in [0.717, 1.165) is 11.4 Å². The molecule has 1 aromatic carbocycles. The zero-order valence-corrected chi connectivity index (χ0v) is 15.7. The van der Waals surface area contributed by atoms with Crippen LogP contribution in [0.3, 0.4) is 0 Å². The Balaban J connectivity index is 1.56. The summed E-state index contributed by atoms with van der Waals surface area (Å²) in [5.41, 5.74) is 0.681. The van der Waals surface area contributed by atoms with E-state index in [4.69, 9.17) is 9.47 Å². The minimum Gasteiger partial charge on any atom is -0.491 e. The van der Waals surface area contributed by atoms with Crippen LogP contribution in [-0.4, -0.2) is 51.8 Å². The van der Waals surface area contributed by atoms with Gasteiger partial charge < -0.3 is 18.9 Å². The summed E-state index contributed by atoms with van der Waals surface area (Å²) in [7, 11) is 1.95. The lowest BCUT2D eigenvalue weighted by molar-refractivity contribution is -0.165. The molecule has 1 aromatic heterocycles. The van der Waals surface area contributed by atoms with E-state index in [2.05, 4.69) is 4.98 Å². The summed E-state index contributed by atoms with van der Waals surface area (Å²) < 4.78 is 13.9. The average Bonchev–Trinajstić information content (AvgIpc) is 3.02. The third kappa shape index (κ3) is 4.85. The molecule has 0 radical (unpaired) electrons. The number of benzene rings is 1. The van der Waals surface area contributed by atoms with Crippen molar-refractivity contribution >= 4 is 5.91 Å². The minimum absolute atomic E-state index is 0.139. The molecule has 6 heteroatoms. The molecule has 0 unspecified atom stereocenters. The summed E-state index contributed by atoms with van der Waals surface area (Å²) in [6.07, 6.45) is 4.60. The first-order valence-electron chi connectivity index (χ1n) is 9.01. The predicted octanol–water partition coefficient (Wildman–Crippen LogP) is 2.44. The van der Waals surface area contributed by atoms with E-state index in [1.54, 1.807) is 6.33 Å². The first-order valence-corrected chi connectivity index (χ1v) is 9.01. The lowest BCUT2D eigenvalue weighted by Crippen LogP contribution is -2.56. The van der Waals surface area contributed by atoms with Crippen LogP contribution < -0.4 is 4.74 Å². The van der Waals surface area contributed by atoms with Gasteiger partial charge in [0.25, 0.3) is 0 Å². The van der Waals surface area contributed by atoms with E-state index >= 15 is 0 Å². The van der Waals surface area contributed by atoms with Gasteiger partial charge in [-0.05, 0) is 32.4 Å². The first kappa shape index (κ1) is 18.5. The lowest BCUT2D eigenvalue weighted by Gasteiger charge is -2.42. The van der Waals surface area contributed by atoms with E-state index in [0.29, 0.717) is 32.5 Å². The number of ether oxygens (including phenoxy) is 2. The Morgan fingerprint density at radius 1 is 1.35 bits per heavy atom. The second kappa shape index (κ2) is 7.91. The molecule has 2 aromatic rings. The number of carbonyl (C=O) groups is 1. The second-order valence-electron chi connectivity index (χ2n) is 7.39. The molecule has 26 heavy (non-hydrogen) atoms. The number of nitrogens with zero attached hydrogens (tertiary/aromatic N) is 3. The van der Waals surface area contributed by atoms with Gasteiger partial charge in [-0.15, -0.1) is 0 Å². The van der Waals surface area contributed by atoms with Gasteiger partial charge in [0.05, 0.1) is 18.5 Å². The van der Waals surface area contributed by atoms with Crippen LogP contribution in [0.25, 0.3) is 0 Å². The van der Waals surface area contributed by atoms with Crippen molar-refractivity contribution in [3.05, 3.63) is 48.5 Å². The zero-order valence-electron chi connectivity index (χ0n) is 15.7. The van der Waals surface area contributed by atoms with Crippen LogP contribution in [0.5, 0.6) is 5.75 Å². The molecule has 1 aliphatic rings. The fourth-order valence-corrected chi connectivity index (χ4v) is 3.30. The maximum absolute atomic E-state index is 12.7. The molecule has 2 heterocycles. The van der Waals surface area contributed by atoms with Crippen LogP contribution in [0.2, 0.25) is 0 Å². The summed E-state index contributed by atoms with van der Waals surface area (Å²) in [5.74, 6) is 0.959. The molecule has 1 saturated heterocycles. The number of rotatable bonds is 6. The highest BCUT2D eigenvalue weighted by Crippen LogP contribution is 2.23. The Bertz CT molecular complexity index is 727. The Morgan fingerprint density at radius 2 is 2.12 bits per heavy atom. The Morgan fingerprint density at radius 3 is 2.81 bits per heavy atom. The molecule has 1 atom stereocenters. The number of carbonyl (C=O) groups excluding carboxylic acids is 1. The summed E-state index contributed by atoms with van der Waals surface area (Å²) in [6, 6.07) is 9.68. The monoisotopic (exact) mass is 357 g/mol. The summed E-state index contributed by atoms with van der Waals surface area (Å²) in [4.78, 5) is 18.7. The molecule has 0 spiro atoms. The van der Waals surface area contributed by atoms with E-state index < -0.39 is 0 Å². The number of hydrogen-bond donors (Lipinski definition) is 0. The van der Waals surface area contributed by atoms with Crippen molar-refractivity contribution in [1.29, 1.82) is 0 Å². The molecule has 3 rings (SSSR count). The molecule has 0 bridgehead atoms. The largest absolute Gasteiger partial charge is 0.491 e. The average molecular weight is 357 g/mol. The van der Waals surface area contributed by atoms with Gasteiger partial charge in [-0.25, -0.2) is 4.98 Å². The van der Waals surface area contributed by atoms with E-state index in [-0.39, 0.29) is 17.6 Å². The summed E-state index contributed by atoms with van der Waals surface area (Å²) >= 11 is 0. The van der Waals surface area contributed by atoms with E-state index in [9.17, 15) is 4.79 Å². The fourth-order valence-electron chi connectivity index (χ4n) is 3.30. The topological polar surface area (TPSA) is 56.6 Å². The van der Waals surface area contributed by atoms with Crippen molar-refractivity contribution in [2.75, 3.05) is 19.7 Å². The minimum atomic E-state index is -0.384. The maximum Gasteiger partial charge on any atom is 0.223 e. The number of aryl methyl sites for hydroxylation is 2. The SMILES string of the molecule is Cn1cncc1CCC(=O)N1C[C@H](COc2ccccc2)OC(C)(C)C1. The van der Waals surface area contributed by atoms with Crippen molar-refractivity contribution in [1.82, 2.24) is 14.5 Å². The smallest absolute Gasteiger partial charge is 0.223 e. The number of aromatic nitrogens is 2. The van der Waals surface area contributed by atoms with Crippen molar-refractivity contribution < 1.29 is 14.3 Å². The number of amides is 1. The van der Waals surface area contributed by atoms with Gasteiger partial charge in [-0.1, -0.05) is 18.2 Å². The van der Waals surface area contributed by atoms with Crippen LogP contribution in [0.4, 0.5) is 0 Å². The first-order chi connectivity index (χ1) is 12.4. The van der Waals surface area contributed by atoms with Crippen LogP contribution in [0.15, 0.2) is 42.9 Å². The molecule has 0 aliphatic carbocycles. The Kier molecular flexibility index (Phi) is 5.61. The van der Waals surface area contributed by atoms with Crippen molar-refractivity contribution in [2.24, 2.45) is 7.05 Å². The van der Waals surface area contributed by atoms with Crippen LogP contribution >= 0.6 is 0 Å². The van der Waals surface area contributed by atoms with Crippen LogP contribution in [-0.2, 0) is 23.0 Å². The van der Waals surface area contributed by atoms with Gasteiger partial charge in [0, 0.05) is 31.9 Å². The molecule has 0 saturated carbocycles. The molecule has 0 N–H and O–H groups in total. The summed E-state index contributed by atoms with van der Waals surface area (Å²) in [6.45, 7) is 5.62. The van der Waals surface area contributed by atoms with Gasteiger partial charge in [-0.3, -0.25) is 4.79 Å². The normalized spacial score (nSPS) is 19.3. The van der Waals surface area contributed by atoms with E-state index in [1.165, 1.54) is 0 Å². The third-order valence-corrected chi connectivity index (χ3v) is 4.52. The van der Waals surface area contributed by atoms with Gasteiger partial charge in [0.15, 0.2) is 0 Å². The van der Waals surface area contributed by atoms with Crippen molar-refractivity contribution in [2.45, 2.75) is 38.4 Å². The standard InChI is InChI=1S/C20H27N3O3/c1-20(2)14-23(19(24)10-9-16-11-21-15-22(16)3)12-18(26-20)13-25-17-7-5-4-6-8-17/h4-8,11,15,18H,9-10,12-14H2,1-3H3/t18-/m1/s1. The molecule has 1 fully saturated rings. The lowest BCUT2D eigenvalue weighted by atomic mass is 10.0. The zero-order chi connectivity index (χ0) is 18.6. The summed E-state index contributed by atoms with van der Waals surface area (Å²) in [5, 5.41) is 0. The van der Waals surface area contributed by atoms with Crippen molar-refractivity contribution in [3.8, 4) is 5.75 Å². The van der Waals surface area contributed by atoms with Gasteiger partial charge >= 0.3 is 0 Å². The number of hydrogen-bond acceptors (Lipinski definition) is 4. The fraction of sp³-hybridized carbons (Fsp3) is 0.500. The third-order valence-electron chi connectivity index (χ3n) is 4.52. The van der Waals surface area contributed by atoms with Gasteiger partial charge in [-0.2, -0.15) is 0 Å². The maximum atomic E-state index is 12.7. The van der Waals surface area contributed by atoms with Crippen LogP contribution in [0.1, 0.15) is 26.0 Å². The van der Waals surface area contributed by atoms with E-state index in [1.807, 2.05) is 66.9 Å². The number of imidazole rings is 1. The second-order valence-corrected chi connectivity index (χ2v) is 7.39. The predicted molar refractivity (Wildman–Crippen MR) is 99.0 cm³/mol. The number of para-hydroxylation sites is 1. The Hall–Kier alpha value is -2.34. The molecule has 6 nitrogen and oxygen atoms in total. The Labute approximate surface area is 154 Å². The highest BCUT2D eigenvalue weighted by Gasteiger charge is 2.35. The van der Waals surface area contributed by atoms with Crippen molar-refractivity contribution in [3.63, 3.8) is 0 Å². The van der Waals surface area contributed by atoms with Crippen LogP contribution in [0, 0.1) is 0 Å². The molecular formula is C20H27N3O3. The quantitative estimate of drug-likeness (QED) is 0.797. The van der Waals surface area contributed by atoms with Gasteiger partial charge in [0.1, 0.15) is 18.5 Å². The molecule has 1 aliphatic heterocycles. The molecule has 140 valence electrons. The molecule has 1 amide bonds.